The number of hydrogen-bond acceptors (Lipinski definition) is 6. The lowest BCUT2D eigenvalue weighted by Gasteiger charge is -2.16. The minimum Gasteiger partial charge on any atom is -0.497 e. The zero-order valence-corrected chi connectivity index (χ0v) is 17.9. The third kappa shape index (κ3) is 3.68. The first-order valence-electron chi connectivity index (χ1n) is 9.88. The van der Waals surface area contributed by atoms with E-state index in [9.17, 15) is 9.90 Å². The van der Waals surface area contributed by atoms with Gasteiger partial charge in [0, 0.05) is 17.2 Å². The molecule has 1 N–H and O–H groups in total. The molecule has 4 rings (SSSR count). The molecule has 2 heterocycles. The lowest BCUT2D eigenvalue weighted by atomic mass is 9.99. The Labute approximate surface area is 179 Å². The number of rotatable bonds is 6. The Balaban J connectivity index is 1.95. The van der Waals surface area contributed by atoms with Gasteiger partial charge in [-0.1, -0.05) is 17.3 Å². The van der Waals surface area contributed by atoms with E-state index in [0.29, 0.717) is 29.1 Å². The molecular weight excluding hydrogens is 396 g/mol. The number of hydrogen-bond donors (Lipinski definition) is 1. The summed E-state index contributed by atoms with van der Waals surface area (Å²) in [6.45, 7) is 3.73. The van der Waals surface area contributed by atoms with E-state index in [1.807, 2.05) is 50.2 Å². The van der Waals surface area contributed by atoms with E-state index in [1.54, 1.807) is 24.9 Å². The highest BCUT2D eigenvalue weighted by atomic mass is 16.5. The molecular formula is C24H24N2O5. The summed E-state index contributed by atoms with van der Waals surface area (Å²) in [6, 6.07) is 13.1. The van der Waals surface area contributed by atoms with Crippen molar-refractivity contribution >= 4 is 10.9 Å². The van der Waals surface area contributed by atoms with Crippen molar-refractivity contribution in [3.05, 3.63) is 75.4 Å². The van der Waals surface area contributed by atoms with Crippen LogP contribution in [0.4, 0.5) is 0 Å². The Morgan fingerprint density at radius 2 is 1.81 bits per heavy atom. The SMILES string of the molecule is COc1ccc(Cn2c(=O)c(CO)cc3cc(-c4c(C)noc4C)c(OC)cc32)cc1. The van der Waals surface area contributed by atoms with E-state index in [4.69, 9.17) is 14.0 Å². The number of methoxy groups -OCH3 is 2. The average Bonchev–Trinajstić information content (AvgIpc) is 3.12. The zero-order valence-electron chi connectivity index (χ0n) is 17.9. The molecule has 0 saturated heterocycles. The Morgan fingerprint density at radius 3 is 2.39 bits per heavy atom. The largest absolute Gasteiger partial charge is 0.497 e. The highest BCUT2D eigenvalue weighted by Gasteiger charge is 2.19. The van der Waals surface area contributed by atoms with Crippen LogP contribution in [0.25, 0.3) is 22.0 Å². The highest BCUT2D eigenvalue weighted by molar-refractivity contribution is 5.90. The van der Waals surface area contributed by atoms with Crippen molar-refractivity contribution in [2.45, 2.75) is 27.0 Å². The predicted octanol–water partition coefficient (Wildman–Crippen LogP) is 3.83. The second kappa shape index (κ2) is 8.28. The monoisotopic (exact) mass is 420 g/mol. The molecule has 2 aromatic heterocycles. The van der Waals surface area contributed by atoms with Gasteiger partial charge in [-0.3, -0.25) is 4.79 Å². The summed E-state index contributed by atoms with van der Waals surface area (Å²) in [5.41, 5.74) is 4.18. The van der Waals surface area contributed by atoms with Crippen LogP contribution in [0.2, 0.25) is 0 Å². The quantitative estimate of drug-likeness (QED) is 0.510. The molecule has 7 heteroatoms. The summed E-state index contributed by atoms with van der Waals surface area (Å²) in [5.74, 6) is 2.04. The Hall–Kier alpha value is -3.58. The van der Waals surface area contributed by atoms with Gasteiger partial charge in [-0.15, -0.1) is 0 Å². The Bertz CT molecular complexity index is 1280. The van der Waals surface area contributed by atoms with Gasteiger partial charge in [0.15, 0.2) is 0 Å². The molecule has 0 radical (unpaired) electrons. The second-order valence-corrected chi connectivity index (χ2v) is 7.38. The molecule has 0 bridgehead atoms. The van der Waals surface area contributed by atoms with Gasteiger partial charge in [0.05, 0.1) is 44.1 Å². The molecule has 0 unspecified atom stereocenters. The molecule has 0 spiro atoms. The van der Waals surface area contributed by atoms with E-state index in [2.05, 4.69) is 5.16 Å². The normalized spacial score (nSPS) is 11.1. The van der Waals surface area contributed by atoms with E-state index < -0.39 is 0 Å². The lowest BCUT2D eigenvalue weighted by molar-refractivity contribution is 0.279. The fraction of sp³-hybridized carbons (Fsp3) is 0.250. The number of pyridine rings is 1. The van der Waals surface area contributed by atoms with Gasteiger partial charge in [-0.05, 0) is 49.1 Å². The van der Waals surface area contributed by atoms with E-state index in [0.717, 1.165) is 33.5 Å². The maximum absolute atomic E-state index is 13.1. The lowest BCUT2D eigenvalue weighted by Crippen LogP contribution is -2.24. The summed E-state index contributed by atoms with van der Waals surface area (Å²) < 4.78 is 17.9. The number of nitrogens with zero attached hydrogens (tertiary/aromatic N) is 2. The number of aliphatic hydroxyl groups is 1. The highest BCUT2D eigenvalue weighted by Crippen LogP contribution is 2.37. The van der Waals surface area contributed by atoms with E-state index >= 15 is 0 Å². The van der Waals surface area contributed by atoms with Crippen molar-refractivity contribution in [1.29, 1.82) is 0 Å². The summed E-state index contributed by atoms with van der Waals surface area (Å²) in [4.78, 5) is 13.1. The smallest absolute Gasteiger partial charge is 0.256 e. The van der Waals surface area contributed by atoms with Crippen molar-refractivity contribution < 1.29 is 19.1 Å². The molecule has 31 heavy (non-hydrogen) atoms. The molecule has 0 amide bonds. The molecule has 0 atom stereocenters. The fourth-order valence-electron chi connectivity index (χ4n) is 3.88. The Kier molecular flexibility index (Phi) is 5.52. The van der Waals surface area contributed by atoms with Crippen molar-refractivity contribution in [1.82, 2.24) is 9.72 Å². The van der Waals surface area contributed by atoms with Gasteiger partial charge in [0.25, 0.3) is 5.56 Å². The third-order valence-corrected chi connectivity index (χ3v) is 5.46. The third-order valence-electron chi connectivity index (χ3n) is 5.46. The molecule has 2 aromatic carbocycles. The van der Waals surface area contributed by atoms with Crippen molar-refractivity contribution in [3.63, 3.8) is 0 Å². The van der Waals surface area contributed by atoms with Gasteiger partial charge in [0.1, 0.15) is 17.3 Å². The molecule has 0 fully saturated rings. The summed E-state index contributed by atoms with van der Waals surface area (Å²) >= 11 is 0. The van der Waals surface area contributed by atoms with Crippen LogP contribution in [0.3, 0.4) is 0 Å². The summed E-state index contributed by atoms with van der Waals surface area (Å²) in [7, 11) is 3.21. The first kappa shape index (κ1) is 20.7. The van der Waals surface area contributed by atoms with E-state index in [1.165, 1.54) is 0 Å². The number of aromatic nitrogens is 2. The van der Waals surface area contributed by atoms with Crippen LogP contribution in [-0.4, -0.2) is 29.0 Å². The summed E-state index contributed by atoms with van der Waals surface area (Å²) in [5, 5.41) is 14.7. The van der Waals surface area contributed by atoms with Gasteiger partial charge in [-0.25, -0.2) is 0 Å². The molecule has 7 nitrogen and oxygen atoms in total. The van der Waals surface area contributed by atoms with Crippen molar-refractivity contribution in [2.75, 3.05) is 14.2 Å². The zero-order chi connectivity index (χ0) is 22.1. The molecule has 0 aliphatic rings. The Morgan fingerprint density at radius 1 is 1.06 bits per heavy atom. The molecule has 0 aliphatic heterocycles. The summed E-state index contributed by atoms with van der Waals surface area (Å²) in [6.07, 6.45) is 0. The predicted molar refractivity (Wildman–Crippen MR) is 118 cm³/mol. The van der Waals surface area contributed by atoms with Crippen LogP contribution in [0.5, 0.6) is 11.5 Å². The van der Waals surface area contributed by atoms with Crippen LogP contribution >= 0.6 is 0 Å². The van der Waals surface area contributed by atoms with Crippen LogP contribution in [0, 0.1) is 13.8 Å². The number of benzene rings is 2. The number of aryl methyl sites for hydroxylation is 2. The van der Waals surface area contributed by atoms with Gasteiger partial charge in [0.2, 0.25) is 0 Å². The second-order valence-electron chi connectivity index (χ2n) is 7.38. The minimum absolute atomic E-state index is 0.238. The molecule has 0 saturated carbocycles. The van der Waals surface area contributed by atoms with Crippen molar-refractivity contribution in [2.24, 2.45) is 0 Å². The maximum atomic E-state index is 13.1. The molecule has 4 aromatic rings. The topological polar surface area (TPSA) is 86.7 Å². The van der Waals surface area contributed by atoms with Crippen LogP contribution in [0.1, 0.15) is 22.6 Å². The number of ether oxygens (including phenoxy) is 2. The van der Waals surface area contributed by atoms with Crippen LogP contribution < -0.4 is 15.0 Å². The standard InChI is InChI=1S/C24H24N2O5/c1-14-23(15(2)31-25-14)20-10-17-9-18(13-27)24(28)26(21(17)11-22(20)30-4)12-16-5-7-19(29-3)8-6-16/h5-11,27H,12-13H2,1-4H3. The minimum atomic E-state index is -0.343. The van der Waals surface area contributed by atoms with Gasteiger partial charge < -0.3 is 23.7 Å². The van der Waals surface area contributed by atoms with Gasteiger partial charge in [-0.2, -0.15) is 0 Å². The first-order valence-corrected chi connectivity index (χ1v) is 9.88. The number of aliphatic hydroxyl groups excluding tert-OH is 1. The number of fused-ring (bicyclic) bond motifs is 1. The van der Waals surface area contributed by atoms with Crippen LogP contribution in [0.15, 0.2) is 51.8 Å². The maximum Gasteiger partial charge on any atom is 0.256 e. The fourth-order valence-corrected chi connectivity index (χ4v) is 3.88. The van der Waals surface area contributed by atoms with Crippen LogP contribution in [-0.2, 0) is 13.2 Å². The van der Waals surface area contributed by atoms with Crippen molar-refractivity contribution in [3.8, 4) is 22.6 Å². The van der Waals surface area contributed by atoms with E-state index in [-0.39, 0.29) is 12.2 Å². The molecule has 0 aliphatic carbocycles. The average molecular weight is 420 g/mol. The first-order chi connectivity index (χ1) is 15.0. The molecule has 160 valence electrons. The van der Waals surface area contributed by atoms with Gasteiger partial charge >= 0.3 is 0 Å².